The van der Waals surface area contributed by atoms with Gasteiger partial charge >= 0.3 is 0 Å². The van der Waals surface area contributed by atoms with Crippen LogP contribution < -0.4 is 5.32 Å². The number of piperidine rings is 1. The molecule has 1 fully saturated rings. The zero-order valence-electron chi connectivity index (χ0n) is 19.6. The van der Waals surface area contributed by atoms with Gasteiger partial charge in [0.1, 0.15) is 0 Å². The molecule has 2 aliphatic rings. The fourth-order valence-electron chi connectivity index (χ4n) is 4.62. The van der Waals surface area contributed by atoms with E-state index in [0.29, 0.717) is 18.2 Å². The van der Waals surface area contributed by atoms with E-state index in [1.807, 2.05) is 18.2 Å². The highest BCUT2D eigenvalue weighted by Gasteiger charge is 2.20. The molecule has 0 unspecified atom stereocenters. The zero-order chi connectivity index (χ0) is 22.5. The average Bonchev–Trinajstić information content (AvgIpc) is 2.94. The minimum Gasteiger partial charge on any atom is -0.352 e. The molecule has 0 radical (unpaired) electrons. The minimum absolute atomic E-state index is 0.00524. The summed E-state index contributed by atoms with van der Waals surface area (Å²) in [5.74, 6) is -0.00524. The number of nitrogens with zero attached hydrogens (tertiary/aromatic N) is 2. The summed E-state index contributed by atoms with van der Waals surface area (Å²) < 4.78 is 0. The summed E-state index contributed by atoms with van der Waals surface area (Å²) in [6, 6.07) is 13.2. The monoisotopic (exact) mass is 449 g/mol. The molecular weight excluding hydrogens is 414 g/mol. The normalized spacial score (nSPS) is 18.3. The van der Waals surface area contributed by atoms with Crippen LogP contribution in [0.3, 0.4) is 0 Å². The summed E-state index contributed by atoms with van der Waals surface area (Å²) >= 11 is 1.75. The van der Waals surface area contributed by atoms with Crippen molar-refractivity contribution in [3.05, 3.63) is 53.1 Å². The maximum Gasteiger partial charge on any atom is 0.251 e. The lowest BCUT2D eigenvalue weighted by Crippen LogP contribution is -2.39. The molecule has 2 aliphatic heterocycles. The summed E-state index contributed by atoms with van der Waals surface area (Å²) in [5, 5.41) is 3.12. The third kappa shape index (κ3) is 5.44. The fourth-order valence-corrected chi connectivity index (χ4v) is 5.62. The van der Waals surface area contributed by atoms with Crippen molar-refractivity contribution in [3.8, 4) is 0 Å². The van der Waals surface area contributed by atoms with Gasteiger partial charge in [-0.3, -0.25) is 9.79 Å². The molecule has 1 atom stereocenters. The minimum atomic E-state index is -0.00524. The molecule has 1 saturated heterocycles. The Bertz CT molecular complexity index is 1000. The van der Waals surface area contributed by atoms with Gasteiger partial charge in [0.2, 0.25) is 0 Å². The predicted molar refractivity (Wildman–Crippen MR) is 135 cm³/mol. The molecule has 32 heavy (non-hydrogen) atoms. The summed E-state index contributed by atoms with van der Waals surface area (Å²) in [6.45, 7) is 9.59. The van der Waals surface area contributed by atoms with E-state index >= 15 is 0 Å². The van der Waals surface area contributed by atoms with Crippen molar-refractivity contribution in [2.45, 2.75) is 75.1 Å². The first-order valence-electron chi connectivity index (χ1n) is 12.1. The van der Waals surface area contributed by atoms with Gasteiger partial charge in [-0.25, -0.2) is 0 Å². The molecule has 2 aromatic carbocycles. The molecule has 0 bridgehead atoms. The largest absolute Gasteiger partial charge is 0.352 e. The number of hydrogen-bond acceptors (Lipinski definition) is 4. The molecule has 0 spiro atoms. The highest BCUT2D eigenvalue weighted by Crippen LogP contribution is 2.41. The Morgan fingerprint density at radius 3 is 2.84 bits per heavy atom. The Hall–Kier alpha value is -2.11. The van der Waals surface area contributed by atoms with Crippen LogP contribution in [-0.4, -0.2) is 42.2 Å². The number of nitrogens with one attached hydrogen (secondary N) is 1. The number of benzene rings is 2. The maximum absolute atomic E-state index is 12.8. The second-order valence-electron chi connectivity index (χ2n) is 9.08. The molecule has 4 nitrogen and oxygen atoms in total. The van der Waals surface area contributed by atoms with E-state index in [4.69, 9.17) is 4.99 Å². The van der Waals surface area contributed by atoms with E-state index in [1.165, 1.54) is 41.8 Å². The van der Waals surface area contributed by atoms with Crippen LogP contribution in [0.4, 0.5) is 5.69 Å². The number of amides is 1. The molecule has 0 saturated carbocycles. The smallest absolute Gasteiger partial charge is 0.251 e. The van der Waals surface area contributed by atoms with Gasteiger partial charge in [0.15, 0.2) is 0 Å². The lowest BCUT2D eigenvalue weighted by Gasteiger charge is -2.33. The highest BCUT2D eigenvalue weighted by atomic mass is 32.2. The van der Waals surface area contributed by atoms with Crippen LogP contribution in [0.5, 0.6) is 0 Å². The summed E-state index contributed by atoms with van der Waals surface area (Å²) in [5.41, 5.74) is 5.19. The van der Waals surface area contributed by atoms with Crippen molar-refractivity contribution >= 4 is 29.1 Å². The topological polar surface area (TPSA) is 44.7 Å². The van der Waals surface area contributed by atoms with E-state index in [1.54, 1.807) is 11.8 Å². The summed E-state index contributed by atoms with van der Waals surface area (Å²) in [4.78, 5) is 22.8. The number of rotatable bonds is 7. The Morgan fingerprint density at radius 1 is 1.19 bits per heavy atom. The third-order valence-corrected chi connectivity index (χ3v) is 7.62. The van der Waals surface area contributed by atoms with Crippen LogP contribution in [0.1, 0.15) is 73.9 Å². The zero-order valence-corrected chi connectivity index (χ0v) is 20.4. The van der Waals surface area contributed by atoms with Gasteiger partial charge in [0.25, 0.3) is 5.91 Å². The number of carbonyl (C=O) groups excluding carboxylic acids is 1. The summed E-state index contributed by atoms with van der Waals surface area (Å²) in [6.07, 6.45) is 6.91. The quantitative estimate of drug-likeness (QED) is 0.499. The van der Waals surface area contributed by atoms with Gasteiger partial charge in [-0.1, -0.05) is 43.2 Å². The highest BCUT2D eigenvalue weighted by molar-refractivity contribution is 7.99. The number of aliphatic imine (C=N–C) groups is 1. The van der Waals surface area contributed by atoms with E-state index in [0.717, 1.165) is 42.1 Å². The molecule has 2 heterocycles. The van der Waals surface area contributed by atoms with E-state index in [-0.39, 0.29) is 5.91 Å². The number of likely N-dealkylation sites (tertiary alicyclic amines) is 1. The second-order valence-corrected chi connectivity index (χ2v) is 10.2. The third-order valence-electron chi connectivity index (χ3n) is 6.48. The Balaban J connectivity index is 1.44. The second kappa shape index (κ2) is 10.7. The van der Waals surface area contributed by atoms with Crippen molar-refractivity contribution in [2.75, 3.05) is 19.6 Å². The standard InChI is InChI=1S/C27H35N3OS/c1-4-8-23-22-17-19(2)10-12-25(22)32-26-13-11-21(18-24(26)29-23)27(31)28-14-7-16-30-15-6-5-9-20(30)3/h10-13,17-18,20H,4-9,14-16H2,1-3H3,(H,28,31)/t20-/m1/s1. The molecule has 2 aromatic rings. The van der Waals surface area contributed by atoms with E-state index in [9.17, 15) is 4.79 Å². The van der Waals surface area contributed by atoms with Crippen molar-refractivity contribution in [1.29, 1.82) is 0 Å². The van der Waals surface area contributed by atoms with Crippen LogP contribution in [0.15, 0.2) is 51.2 Å². The first-order chi connectivity index (χ1) is 15.5. The van der Waals surface area contributed by atoms with E-state index in [2.05, 4.69) is 49.2 Å². The number of hydrogen-bond donors (Lipinski definition) is 1. The molecule has 1 amide bonds. The van der Waals surface area contributed by atoms with Gasteiger partial charge in [-0.2, -0.15) is 0 Å². The Morgan fingerprint density at radius 2 is 2.03 bits per heavy atom. The van der Waals surface area contributed by atoms with Crippen LogP contribution in [0, 0.1) is 6.92 Å². The van der Waals surface area contributed by atoms with Gasteiger partial charge < -0.3 is 10.2 Å². The number of fused-ring (bicyclic) bond motifs is 2. The van der Waals surface area contributed by atoms with Crippen molar-refractivity contribution in [2.24, 2.45) is 4.99 Å². The maximum atomic E-state index is 12.8. The molecule has 1 N–H and O–H groups in total. The van der Waals surface area contributed by atoms with Crippen molar-refractivity contribution < 1.29 is 4.79 Å². The van der Waals surface area contributed by atoms with Crippen molar-refractivity contribution in [1.82, 2.24) is 10.2 Å². The SMILES string of the molecule is CCCC1=Nc2cc(C(=O)NCCCN3CCCC[C@H]3C)ccc2Sc2ccc(C)cc21. The molecule has 0 aromatic heterocycles. The molecular formula is C27H35N3OS. The van der Waals surface area contributed by atoms with Gasteiger partial charge in [0, 0.05) is 45.8 Å². The van der Waals surface area contributed by atoms with Crippen LogP contribution in [-0.2, 0) is 0 Å². The fraction of sp³-hybridized carbons (Fsp3) is 0.481. The molecule has 4 rings (SSSR count). The van der Waals surface area contributed by atoms with Gasteiger partial charge in [-0.05, 0) is 76.4 Å². The lowest BCUT2D eigenvalue weighted by molar-refractivity contribution is 0.0949. The van der Waals surface area contributed by atoms with Crippen LogP contribution in [0.25, 0.3) is 0 Å². The lowest BCUT2D eigenvalue weighted by atomic mass is 10.0. The number of aryl methyl sites for hydroxylation is 1. The molecule has 170 valence electrons. The van der Waals surface area contributed by atoms with Crippen molar-refractivity contribution in [3.63, 3.8) is 0 Å². The molecule has 5 heteroatoms. The average molecular weight is 450 g/mol. The first-order valence-corrected chi connectivity index (χ1v) is 12.9. The molecule has 0 aliphatic carbocycles. The Kier molecular flexibility index (Phi) is 7.69. The Labute approximate surface area is 196 Å². The summed E-state index contributed by atoms with van der Waals surface area (Å²) in [7, 11) is 0. The first kappa shape index (κ1) is 23.1. The van der Waals surface area contributed by atoms with Gasteiger partial charge in [0.05, 0.1) is 5.69 Å². The van der Waals surface area contributed by atoms with Crippen LogP contribution in [0.2, 0.25) is 0 Å². The van der Waals surface area contributed by atoms with Crippen LogP contribution >= 0.6 is 11.8 Å². The predicted octanol–water partition coefficient (Wildman–Crippen LogP) is 6.37. The van der Waals surface area contributed by atoms with Gasteiger partial charge in [-0.15, -0.1) is 0 Å². The van der Waals surface area contributed by atoms with E-state index < -0.39 is 0 Å². The number of carbonyl (C=O) groups is 1.